The average Bonchev–Trinajstić information content (AvgIpc) is 2.50. The Balaban J connectivity index is 2.28. The topological polar surface area (TPSA) is 76.0 Å². The molecular formula is C18H20O5. The van der Waals surface area contributed by atoms with Gasteiger partial charge >= 0.3 is 5.97 Å². The number of ether oxygens (including phenoxy) is 2. The van der Waals surface area contributed by atoms with E-state index in [4.69, 9.17) is 9.47 Å². The number of rotatable bonds is 6. The predicted molar refractivity (Wildman–Crippen MR) is 86.8 cm³/mol. The lowest BCUT2D eigenvalue weighted by molar-refractivity contribution is 0.0689. The van der Waals surface area contributed by atoms with Gasteiger partial charge in [-0.1, -0.05) is 6.07 Å². The van der Waals surface area contributed by atoms with E-state index < -0.39 is 5.97 Å². The van der Waals surface area contributed by atoms with Crippen molar-refractivity contribution in [1.82, 2.24) is 0 Å². The van der Waals surface area contributed by atoms with Crippen molar-refractivity contribution < 1.29 is 24.5 Å². The Morgan fingerprint density at radius 2 is 1.48 bits per heavy atom. The zero-order valence-electron chi connectivity index (χ0n) is 13.4. The smallest absolute Gasteiger partial charge is 0.343 e. The molecule has 0 aromatic heterocycles. The predicted octanol–water partition coefficient (Wildman–Crippen LogP) is 3.20. The largest absolute Gasteiger partial charge is 0.508 e. The number of carboxylic acids is 1. The van der Waals surface area contributed by atoms with Crippen molar-refractivity contribution >= 4 is 5.97 Å². The molecule has 0 spiro atoms. The minimum atomic E-state index is -1.09. The number of aromatic hydroxyl groups is 1. The first-order valence-electron chi connectivity index (χ1n) is 7.22. The molecule has 0 atom stereocenters. The minimum absolute atomic E-state index is 0.0203. The molecule has 0 amide bonds. The fourth-order valence-electron chi connectivity index (χ4n) is 2.59. The fourth-order valence-corrected chi connectivity index (χ4v) is 2.59. The molecule has 0 unspecified atom stereocenters. The van der Waals surface area contributed by atoms with Gasteiger partial charge in [0.2, 0.25) is 0 Å². The highest BCUT2D eigenvalue weighted by molar-refractivity contribution is 5.94. The normalized spacial score (nSPS) is 10.4. The van der Waals surface area contributed by atoms with Crippen LogP contribution < -0.4 is 9.47 Å². The molecule has 0 heterocycles. The third-order valence-corrected chi connectivity index (χ3v) is 3.60. The van der Waals surface area contributed by atoms with Gasteiger partial charge in [-0.05, 0) is 60.7 Å². The van der Waals surface area contributed by atoms with Crippen LogP contribution in [0.25, 0.3) is 0 Å². The summed E-state index contributed by atoms with van der Waals surface area (Å²) in [5.74, 6) is -0.289. The molecule has 0 aliphatic carbocycles. The summed E-state index contributed by atoms with van der Waals surface area (Å²) in [5, 5.41) is 18.9. The van der Waals surface area contributed by atoms with Crippen LogP contribution in [-0.4, -0.2) is 30.4 Å². The molecule has 5 nitrogen and oxygen atoms in total. The fraction of sp³-hybridized carbons (Fsp3) is 0.278. The monoisotopic (exact) mass is 316 g/mol. The van der Waals surface area contributed by atoms with Crippen LogP contribution >= 0.6 is 0 Å². The molecule has 0 saturated heterocycles. The molecule has 122 valence electrons. The summed E-state index contributed by atoms with van der Waals surface area (Å²) in [6.45, 7) is 1.93. The number of aromatic carboxylic acids is 1. The zero-order chi connectivity index (χ0) is 17.0. The quantitative estimate of drug-likeness (QED) is 0.856. The second kappa shape index (κ2) is 7.05. The molecule has 2 aromatic rings. The summed E-state index contributed by atoms with van der Waals surface area (Å²) in [7, 11) is 2.87. The highest BCUT2D eigenvalue weighted by Crippen LogP contribution is 2.31. The number of carboxylic acid groups (broad SMARTS) is 1. The third-order valence-electron chi connectivity index (χ3n) is 3.60. The van der Waals surface area contributed by atoms with E-state index in [1.807, 2.05) is 13.0 Å². The number of carbonyl (C=O) groups is 1. The van der Waals surface area contributed by atoms with Crippen LogP contribution in [0, 0.1) is 6.92 Å². The number of hydrogen-bond acceptors (Lipinski definition) is 4. The van der Waals surface area contributed by atoms with E-state index in [1.165, 1.54) is 14.2 Å². The molecule has 0 radical (unpaired) electrons. The van der Waals surface area contributed by atoms with Crippen LogP contribution in [0.4, 0.5) is 0 Å². The first kappa shape index (κ1) is 16.7. The van der Waals surface area contributed by atoms with E-state index in [9.17, 15) is 15.0 Å². The van der Waals surface area contributed by atoms with Crippen LogP contribution in [0.2, 0.25) is 0 Å². The van der Waals surface area contributed by atoms with E-state index in [1.54, 1.807) is 24.3 Å². The van der Waals surface area contributed by atoms with Crippen molar-refractivity contribution in [3.05, 3.63) is 52.6 Å². The van der Waals surface area contributed by atoms with Gasteiger partial charge in [0.1, 0.15) is 22.8 Å². The van der Waals surface area contributed by atoms with Crippen LogP contribution in [0.3, 0.4) is 0 Å². The summed E-state index contributed by atoms with van der Waals surface area (Å²) in [6, 6.07) is 8.87. The standard InChI is InChI=1S/C18H20O5/c1-11-6-12(8-14(19)7-11)4-5-13-9-15(22-2)17(18(20)21)16(10-13)23-3/h6-10,19H,4-5H2,1-3H3,(H,20,21). The van der Waals surface area contributed by atoms with Gasteiger partial charge in [0.05, 0.1) is 14.2 Å². The molecule has 2 N–H and O–H groups in total. The molecule has 2 rings (SSSR count). The molecule has 0 aliphatic heterocycles. The Morgan fingerprint density at radius 3 is 1.91 bits per heavy atom. The highest BCUT2D eigenvalue weighted by atomic mass is 16.5. The maximum atomic E-state index is 11.3. The third kappa shape index (κ3) is 3.94. The molecule has 0 fully saturated rings. The van der Waals surface area contributed by atoms with Crippen LogP contribution in [0.1, 0.15) is 27.0 Å². The molecule has 5 heteroatoms. The Hall–Kier alpha value is -2.69. The van der Waals surface area contributed by atoms with Crippen LogP contribution in [-0.2, 0) is 12.8 Å². The maximum Gasteiger partial charge on any atom is 0.343 e. The average molecular weight is 316 g/mol. The highest BCUT2D eigenvalue weighted by Gasteiger charge is 2.19. The van der Waals surface area contributed by atoms with Crippen molar-refractivity contribution in [3.8, 4) is 17.2 Å². The maximum absolute atomic E-state index is 11.3. The number of hydrogen-bond donors (Lipinski definition) is 2. The Morgan fingerprint density at radius 1 is 0.957 bits per heavy atom. The van der Waals surface area contributed by atoms with Crippen molar-refractivity contribution in [1.29, 1.82) is 0 Å². The van der Waals surface area contributed by atoms with Gasteiger partial charge in [-0.2, -0.15) is 0 Å². The molecule has 0 aliphatic rings. The number of phenolic OH excluding ortho intramolecular Hbond substituents is 1. The van der Waals surface area contributed by atoms with E-state index >= 15 is 0 Å². The first-order chi connectivity index (χ1) is 10.9. The van der Waals surface area contributed by atoms with Crippen molar-refractivity contribution in [2.45, 2.75) is 19.8 Å². The van der Waals surface area contributed by atoms with Gasteiger partial charge in [-0.3, -0.25) is 0 Å². The molecule has 23 heavy (non-hydrogen) atoms. The lowest BCUT2D eigenvalue weighted by Crippen LogP contribution is -2.05. The molecule has 0 saturated carbocycles. The van der Waals surface area contributed by atoms with E-state index in [-0.39, 0.29) is 22.8 Å². The lowest BCUT2D eigenvalue weighted by atomic mass is 10.0. The summed E-state index contributed by atoms with van der Waals surface area (Å²) >= 11 is 0. The SMILES string of the molecule is COc1cc(CCc2cc(C)cc(O)c2)cc(OC)c1C(=O)O. The summed E-state index contributed by atoms with van der Waals surface area (Å²) in [4.78, 5) is 11.3. The second-order valence-electron chi connectivity index (χ2n) is 5.36. The van der Waals surface area contributed by atoms with Gasteiger partial charge < -0.3 is 19.7 Å². The minimum Gasteiger partial charge on any atom is -0.508 e. The molecule has 2 aromatic carbocycles. The number of aryl methyl sites for hydroxylation is 3. The van der Waals surface area contributed by atoms with E-state index in [2.05, 4.69) is 0 Å². The lowest BCUT2D eigenvalue weighted by Gasteiger charge is -2.13. The summed E-state index contributed by atoms with van der Waals surface area (Å²) in [5.41, 5.74) is 2.94. The Bertz CT molecular complexity index is 676. The van der Waals surface area contributed by atoms with Gasteiger partial charge in [0.15, 0.2) is 0 Å². The number of phenols is 1. The number of benzene rings is 2. The van der Waals surface area contributed by atoms with E-state index in [0.717, 1.165) is 16.7 Å². The van der Waals surface area contributed by atoms with Crippen molar-refractivity contribution in [2.75, 3.05) is 14.2 Å². The van der Waals surface area contributed by atoms with E-state index in [0.29, 0.717) is 12.8 Å². The molecular weight excluding hydrogens is 296 g/mol. The second-order valence-corrected chi connectivity index (χ2v) is 5.36. The zero-order valence-corrected chi connectivity index (χ0v) is 13.4. The Labute approximate surface area is 135 Å². The summed E-state index contributed by atoms with van der Waals surface area (Å²) < 4.78 is 10.4. The van der Waals surface area contributed by atoms with Gasteiger partial charge in [-0.25, -0.2) is 4.79 Å². The van der Waals surface area contributed by atoms with Crippen LogP contribution in [0.15, 0.2) is 30.3 Å². The van der Waals surface area contributed by atoms with Gasteiger partial charge in [0, 0.05) is 0 Å². The summed E-state index contributed by atoms with van der Waals surface area (Å²) in [6.07, 6.45) is 1.39. The first-order valence-corrected chi connectivity index (χ1v) is 7.22. The van der Waals surface area contributed by atoms with Crippen molar-refractivity contribution in [2.24, 2.45) is 0 Å². The molecule has 0 bridgehead atoms. The number of methoxy groups -OCH3 is 2. The van der Waals surface area contributed by atoms with Gasteiger partial charge in [0.25, 0.3) is 0 Å². The van der Waals surface area contributed by atoms with Gasteiger partial charge in [-0.15, -0.1) is 0 Å². The Kier molecular flexibility index (Phi) is 5.11. The van der Waals surface area contributed by atoms with Crippen molar-refractivity contribution in [3.63, 3.8) is 0 Å². The van der Waals surface area contributed by atoms with Crippen LogP contribution in [0.5, 0.6) is 17.2 Å².